The fourth-order valence-corrected chi connectivity index (χ4v) is 6.83. The summed E-state index contributed by atoms with van der Waals surface area (Å²) in [4.78, 5) is 18.7. The lowest BCUT2D eigenvalue weighted by Gasteiger charge is -2.33. The molecular weight excluding hydrogens is 434 g/mol. The standard InChI is InChI=1S/C26H23N3OS2/c1-16-9-14-20-21(15-16)29-26(2,3)23-22(20)25(32-31-23)28-19-12-10-18(11-13-19)27-24(30)17-7-5-4-6-8-17/h4-15,29H,1-3H3,(H,27,30). The second-order valence-corrected chi connectivity index (χ2v) is 10.6. The summed E-state index contributed by atoms with van der Waals surface area (Å²) in [6.45, 7) is 6.55. The first-order valence-corrected chi connectivity index (χ1v) is 12.6. The Morgan fingerprint density at radius 3 is 2.47 bits per heavy atom. The van der Waals surface area contributed by atoms with E-state index >= 15 is 0 Å². The summed E-state index contributed by atoms with van der Waals surface area (Å²) >= 11 is 0. The number of aryl methyl sites for hydroxylation is 1. The molecule has 0 spiro atoms. The Hall–Kier alpha value is -3.22. The minimum Gasteiger partial charge on any atom is -0.375 e. The third-order valence-corrected chi connectivity index (χ3v) is 8.14. The smallest absolute Gasteiger partial charge is 0.255 e. The van der Waals surface area contributed by atoms with E-state index in [0.29, 0.717) is 5.56 Å². The number of rotatable bonds is 3. The molecule has 1 aliphatic rings. The molecule has 4 nitrogen and oxygen atoms in total. The van der Waals surface area contributed by atoms with Gasteiger partial charge in [0.1, 0.15) is 4.67 Å². The van der Waals surface area contributed by atoms with Crippen molar-refractivity contribution in [3.8, 4) is 11.1 Å². The number of hydrogen-bond donors (Lipinski definition) is 2. The van der Waals surface area contributed by atoms with E-state index in [1.807, 2.05) is 42.5 Å². The molecule has 0 saturated carbocycles. The van der Waals surface area contributed by atoms with Crippen LogP contribution in [0.3, 0.4) is 0 Å². The fourth-order valence-electron chi connectivity index (χ4n) is 3.89. The van der Waals surface area contributed by atoms with Crippen LogP contribution in [0.25, 0.3) is 11.1 Å². The summed E-state index contributed by atoms with van der Waals surface area (Å²) in [7, 11) is 3.49. The van der Waals surface area contributed by atoms with E-state index in [-0.39, 0.29) is 11.4 Å². The summed E-state index contributed by atoms with van der Waals surface area (Å²) < 4.78 is 1.02. The van der Waals surface area contributed by atoms with Crippen molar-refractivity contribution in [3.63, 3.8) is 0 Å². The van der Waals surface area contributed by atoms with Crippen LogP contribution in [0.1, 0.15) is 34.6 Å². The van der Waals surface area contributed by atoms with Crippen molar-refractivity contribution in [3.05, 3.63) is 93.5 Å². The molecule has 1 amide bonds. The molecular formula is C26H23N3OS2. The predicted molar refractivity (Wildman–Crippen MR) is 135 cm³/mol. The average molecular weight is 458 g/mol. The lowest BCUT2D eigenvalue weighted by atomic mass is 9.89. The number of carbonyl (C=O) groups is 1. The molecule has 32 heavy (non-hydrogen) atoms. The molecule has 160 valence electrons. The van der Waals surface area contributed by atoms with Gasteiger partial charge in [-0.25, -0.2) is 4.99 Å². The van der Waals surface area contributed by atoms with Gasteiger partial charge in [0.25, 0.3) is 5.91 Å². The Kier molecular flexibility index (Phi) is 5.19. The number of amides is 1. The average Bonchev–Trinajstić information content (AvgIpc) is 3.20. The number of carbonyl (C=O) groups excluding carboxylic acids is 1. The van der Waals surface area contributed by atoms with Gasteiger partial charge in [-0.05, 0) is 68.8 Å². The van der Waals surface area contributed by atoms with Crippen LogP contribution in [0, 0.1) is 6.92 Å². The van der Waals surface area contributed by atoms with Crippen LogP contribution < -0.4 is 15.3 Å². The summed E-state index contributed by atoms with van der Waals surface area (Å²) in [6.07, 6.45) is 0. The SMILES string of the molecule is Cc1ccc2c(c1)NC(C)(C)c1ssc(=Nc3ccc(NC(=O)c4ccccc4)cc3)c1-2. The van der Waals surface area contributed by atoms with Crippen LogP contribution in [-0.2, 0) is 5.54 Å². The van der Waals surface area contributed by atoms with Crippen molar-refractivity contribution in [2.75, 3.05) is 10.6 Å². The molecule has 0 bridgehead atoms. The van der Waals surface area contributed by atoms with Crippen molar-refractivity contribution in [1.29, 1.82) is 0 Å². The topological polar surface area (TPSA) is 53.5 Å². The first-order chi connectivity index (χ1) is 15.4. The van der Waals surface area contributed by atoms with Crippen LogP contribution >= 0.6 is 20.7 Å². The van der Waals surface area contributed by atoms with Crippen molar-refractivity contribution in [2.24, 2.45) is 4.99 Å². The Bertz CT molecular complexity index is 1370. The molecule has 5 rings (SSSR count). The van der Waals surface area contributed by atoms with Gasteiger partial charge in [-0.15, -0.1) is 0 Å². The van der Waals surface area contributed by atoms with E-state index in [0.717, 1.165) is 21.7 Å². The summed E-state index contributed by atoms with van der Waals surface area (Å²) in [5.74, 6) is -0.119. The molecule has 0 unspecified atom stereocenters. The Morgan fingerprint density at radius 2 is 1.72 bits per heavy atom. The van der Waals surface area contributed by atoms with Crippen LogP contribution in [0.15, 0.2) is 77.8 Å². The largest absolute Gasteiger partial charge is 0.375 e. The third-order valence-electron chi connectivity index (χ3n) is 5.50. The van der Waals surface area contributed by atoms with E-state index in [9.17, 15) is 4.79 Å². The minimum absolute atomic E-state index is 0.119. The highest BCUT2D eigenvalue weighted by Gasteiger charge is 2.33. The zero-order valence-electron chi connectivity index (χ0n) is 18.1. The summed E-state index contributed by atoms with van der Waals surface area (Å²) in [5, 5.41) is 6.62. The first kappa shape index (κ1) is 20.7. The van der Waals surface area contributed by atoms with E-state index < -0.39 is 0 Å². The number of fused-ring (bicyclic) bond motifs is 3. The Morgan fingerprint density at radius 1 is 0.969 bits per heavy atom. The number of benzene rings is 3. The highest BCUT2D eigenvalue weighted by Crippen LogP contribution is 2.45. The summed E-state index contributed by atoms with van der Waals surface area (Å²) in [6, 6.07) is 23.4. The number of nitrogens with one attached hydrogen (secondary N) is 2. The highest BCUT2D eigenvalue weighted by atomic mass is 32.9. The van der Waals surface area contributed by atoms with E-state index in [2.05, 4.69) is 49.6 Å². The molecule has 6 heteroatoms. The zero-order valence-corrected chi connectivity index (χ0v) is 19.7. The fraction of sp³-hybridized carbons (Fsp3) is 0.154. The first-order valence-electron chi connectivity index (χ1n) is 10.4. The molecule has 0 radical (unpaired) electrons. The van der Waals surface area contributed by atoms with Gasteiger partial charge >= 0.3 is 0 Å². The van der Waals surface area contributed by atoms with E-state index in [1.165, 1.54) is 21.6 Å². The maximum atomic E-state index is 12.4. The predicted octanol–water partition coefficient (Wildman–Crippen LogP) is 6.93. The van der Waals surface area contributed by atoms with Crippen LogP contribution in [-0.4, -0.2) is 5.91 Å². The molecule has 0 saturated heterocycles. The second kappa shape index (κ2) is 8.04. The maximum absolute atomic E-state index is 12.4. The van der Waals surface area contributed by atoms with Gasteiger partial charge in [0, 0.05) is 28.1 Å². The summed E-state index contributed by atoms with van der Waals surface area (Å²) in [5.41, 5.74) is 6.93. The van der Waals surface area contributed by atoms with Crippen molar-refractivity contribution < 1.29 is 4.79 Å². The molecule has 1 aliphatic heterocycles. The van der Waals surface area contributed by atoms with Crippen LogP contribution in [0.2, 0.25) is 0 Å². The van der Waals surface area contributed by atoms with Crippen LogP contribution in [0.5, 0.6) is 0 Å². The quantitative estimate of drug-likeness (QED) is 0.328. The highest BCUT2D eigenvalue weighted by molar-refractivity contribution is 7.68. The number of anilines is 2. The molecule has 0 aliphatic carbocycles. The molecule has 2 N–H and O–H groups in total. The van der Waals surface area contributed by atoms with Gasteiger partial charge in [0.2, 0.25) is 0 Å². The maximum Gasteiger partial charge on any atom is 0.255 e. The van der Waals surface area contributed by atoms with Crippen molar-refractivity contribution >= 4 is 43.7 Å². The molecule has 4 aromatic rings. The third kappa shape index (κ3) is 3.87. The van der Waals surface area contributed by atoms with E-state index in [1.54, 1.807) is 32.8 Å². The molecule has 0 atom stereocenters. The van der Waals surface area contributed by atoms with Gasteiger partial charge in [-0.1, -0.05) is 51.0 Å². The molecule has 1 aromatic heterocycles. The molecule has 0 fully saturated rings. The molecule has 2 heterocycles. The van der Waals surface area contributed by atoms with Crippen molar-refractivity contribution in [1.82, 2.24) is 0 Å². The number of hydrogen-bond acceptors (Lipinski definition) is 5. The zero-order chi connectivity index (χ0) is 22.3. The lowest BCUT2D eigenvalue weighted by molar-refractivity contribution is 0.102. The van der Waals surface area contributed by atoms with E-state index in [4.69, 9.17) is 4.99 Å². The molecule has 3 aromatic carbocycles. The minimum atomic E-state index is -0.142. The van der Waals surface area contributed by atoms with Gasteiger partial charge in [-0.3, -0.25) is 4.79 Å². The second-order valence-electron chi connectivity index (χ2n) is 8.45. The van der Waals surface area contributed by atoms with Gasteiger partial charge in [0.05, 0.1) is 16.1 Å². The van der Waals surface area contributed by atoms with Crippen LogP contribution in [0.4, 0.5) is 17.1 Å². The number of nitrogens with zero attached hydrogens (tertiary/aromatic N) is 1. The van der Waals surface area contributed by atoms with Gasteiger partial charge < -0.3 is 10.6 Å². The van der Waals surface area contributed by atoms with Gasteiger partial charge in [-0.2, -0.15) is 0 Å². The lowest BCUT2D eigenvalue weighted by Crippen LogP contribution is -2.31. The Balaban J connectivity index is 1.48. The van der Waals surface area contributed by atoms with Crippen molar-refractivity contribution in [2.45, 2.75) is 26.3 Å². The normalized spacial score (nSPS) is 14.3. The van der Waals surface area contributed by atoms with Gasteiger partial charge in [0.15, 0.2) is 0 Å². The monoisotopic (exact) mass is 457 g/mol. The Labute approximate surface area is 194 Å².